The number of anilines is 1. The Hall–Kier alpha value is -1.91. The molecule has 0 radical (unpaired) electrons. The molecular weight excluding hydrogens is 231 g/mol. The standard InChI is InChI=1S/C13H15FN4/c1-9-2-5-12(14)10(6-9)7-15-13-17-16-8-18(13)11-3-4-11/h2,5-6,8,11H,3-4,7H2,1H3,(H,15,17). The van der Waals surface area contributed by atoms with Crippen LogP contribution in [0.5, 0.6) is 0 Å². The van der Waals surface area contributed by atoms with Crippen LogP contribution < -0.4 is 5.32 Å². The van der Waals surface area contributed by atoms with E-state index in [1.54, 1.807) is 12.4 Å². The Labute approximate surface area is 105 Å². The maximum atomic E-state index is 13.6. The minimum Gasteiger partial charge on any atom is -0.350 e. The van der Waals surface area contributed by atoms with Gasteiger partial charge in [0.05, 0.1) is 0 Å². The lowest BCUT2D eigenvalue weighted by atomic mass is 10.1. The van der Waals surface area contributed by atoms with Crippen LogP contribution in [0.3, 0.4) is 0 Å². The molecule has 1 aromatic carbocycles. The second-order valence-electron chi connectivity index (χ2n) is 4.74. The number of nitrogens with zero attached hydrogens (tertiary/aromatic N) is 3. The van der Waals surface area contributed by atoms with Crippen molar-refractivity contribution in [3.05, 3.63) is 41.5 Å². The average Bonchev–Trinajstić information content (AvgIpc) is 3.10. The van der Waals surface area contributed by atoms with Gasteiger partial charge in [0.15, 0.2) is 0 Å². The van der Waals surface area contributed by atoms with Gasteiger partial charge in [0.1, 0.15) is 12.1 Å². The van der Waals surface area contributed by atoms with Gasteiger partial charge in [-0.25, -0.2) is 4.39 Å². The molecule has 1 aromatic heterocycles. The summed E-state index contributed by atoms with van der Waals surface area (Å²) in [6.07, 6.45) is 4.07. The minimum absolute atomic E-state index is 0.189. The molecule has 0 aliphatic heterocycles. The zero-order valence-corrected chi connectivity index (χ0v) is 10.2. The Morgan fingerprint density at radius 2 is 2.28 bits per heavy atom. The first-order valence-electron chi connectivity index (χ1n) is 6.12. The summed E-state index contributed by atoms with van der Waals surface area (Å²) in [5.41, 5.74) is 1.71. The highest BCUT2D eigenvalue weighted by molar-refractivity contribution is 5.31. The molecule has 18 heavy (non-hydrogen) atoms. The fourth-order valence-corrected chi connectivity index (χ4v) is 2.00. The van der Waals surface area contributed by atoms with Crippen LogP contribution in [0.15, 0.2) is 24.5 Å². The Bertz CT molecular complexity index is 560. The molecule has 1 fully saturated rings. The maximum Gasteiger partial charge on any atom is 0.224 e. The largest absolute Gasteiger partial charge is 0.350 e. The summed E-state index contributed by atoms with van der Waals surface area (Å²) in [5, 5.41) is 11.1. The van der Waals surface area contributed by atoms with Crippen LogP contribution in [0.25, 0.3) is 0 Å². The van der Waals surface area contributed by atoms with Gasteiger partial charge in [-0.2, -0.15) is 0 Å². The summed E-state index contributed by atoms with van der Waals surface area (Å²) in [7, 11) is 0. The van der Waals surface area contributed by atoms with Crippen LogP contribution in [-0.4, -0.2) is 14.8 Å². The van der Waals surface area contributed by atoms with Gasteiger partial charge in [0, 0.05) is 18.2 Å². The molecule has 0 atom stereocenters. The highest BCUT2D eigenvalue weighted by Gasteiger charge is 2.26. The maximum absolute atomic E-state index is 13.6. The molecule has 94 valence electrons. The normalized spacial score (nSPS) is 14.8. The van der Waals surface area contributed by atoms with E-state index in [0.29, 0.717) is 18.2 Å². The van der Waals surface area contributed by atoms with Crippen molar-refractivity contribution in [2.75, 3.05) is 5.32 Å². The number of nitrogens with one attached hydrogen (secondary N) is 1. The topological polar surface area (TPSA) is 42.7 Å². The van der Waals surface area contributed by atoms with E-state index in [4.69, 9.17) is 0 Å². The van der Waals surface area contributed by atoms with E-state index in [1.165, 1.54) is 18.9 Å². The van der Waals surface area contributed by atoms with Crippen molar-refractivity contribution in [3.8, 4) is 0 Å². The van der Waals surface area contributed by atoms with Gasteiger partial charge < -0.3 is 5.32 Å². The molecule has 2 aromatic rings. The molecule has 0 bridgehead atoms. The van der Waals surface area contributed by atoms with Crippen LogP contribution in [0.4, 0.5) is 10.3 Å². The summed E-state index contributed by atoms with van der Waals surface area (Å²) in [5.74, 6) is 0.531. The lowest BCUT2D eigenvalue weighted by Crippen LogP contribution is -2.07. The highest BCUT2D eigenvalue weighted by atomic mass is 19.1. The van der Waals surface area contributed by atoms with E-state index >= 15 is 0 Å². The summed E-state index contributed by atoms with van der Waals surface area (Å²) in [6, 6.07) is 5.63. The van der Waals surface area contributed by atoms with Gasteiger partial charge in [0.25, 0.3) is 0 Å². The van der Waals surface area contributed by atoms with Crippen molar-refractivity contribution < 1.29 is 4.39 Å². The van der Waals surface area contributed by atoms with E-state index in [0.717, 1.165) is 11.5 Å². The van der Waals surface area contributed by atoms with Gasteiger partial charge in [-0.3, -0.25) is 4.57 Å². The van der Waals surface area contributed by atoms with Crippen molar-refractivity contribution >= 4 is 5.95 Å². The summed E-state index contributed by atoms with van der Waals surface area (Å²) >= 11 is 0. The molecule has 0 unspecified atom stereocenters. The van der Waals surface area contributed by atoms with Gasteiger partial charge in [-0.15, -0.1) is 10.2 Å². The third-order valence-electron chi connectivity index (χ3n) is 3.15. The summed E-state index contributed by atoms with van der Waals surface area (Å²) in [6.45, 7) is 2.38. The summed E-state index contributed by atoms with van der Waals surface area (Å²) in [4.78, 5) is 0. The minimum atomic E-state index is -0.189. The first-order chi connectivity index (χ1) is 8.74. The number of benzene rings is 1. The monoisotopic (exact) mass is 246 g/mol. The first-order valence-corrected chi connectivity index (χ1v) is 6.12. The Kier molecular flexibility index (Phi) is 2.74. The van der Waals surface area contributed by atoms with Crippen LogP contribution in [0, 0.1) is 12.7 Å². The first kappa shape index (κ1) is 11.2. The zero-order chi connectivity index (χ0) is 12.5. The molecule has 5 heteroatoms. The summed E-state index contributed by atoms with van der Waals surface area (Å²) < 4.78 is 15.6. The molecule has 1 aliphatic rings. The van der Waals surface area contributed by atoms with Gasteiger partial charge in [-0.05, 0) is 25.8 Å². The predicted molar refractivity (Wildman–Crippen MR) is 66.8 cm³/mol. The Morgan fingerprint density at radius 1 is 1.44 bits per heavy atom. The molecule has 3 rings (SSSR count). The molecule has 0 spiro atoms. The van der Waals surface area contributed by atoms with Crippen molar-refractivity contribution in [2.24, 2.45) is 0 Å². The second kappa shape index (κ2) is 4.40. The number of rotatable bonds is 4. The highest BCUT2D eigenvalue weighted by Crippen LogP contribution is 2.36. The van der Waals surface area contributed by atoms with Crippen molar-refractivity contribution in [2.45, 2.75) is 32.4 Å². The number of aromatic nitrogens is 3. The Morgan fingerprint density at radius 3 is 3.06 bits per heavy atom. The van der Waals surface area contributed by atoms with E-state index in [2.05, 4.69) is 15.5 Å². The van der Waals surface area contributed by atoms with Crippen LogP contribution in [0.1, 0.15) is 30.0 Å². The van der Waals surface area contributed by atoms with E-state index in [9.17, 15) is 4.39 Å². The van der Waals surface area contributed by atoms with Crippen LogP contribution in [-0.2, 0) is 6.54 Å². The molecule has 0 saturated heterocycles. The van der Waals surface area contributed by atoms with Crippen molar-refractivity contribution in [1.29, 1.82) is 0 Å². The SMILES string of the molecule is Cc1ccc(F)c(CNc2nncn2C2CC2)c1. The predicted octanol–water partition coefficient (Wildman–Crippen LogP) is 2.67. The van der Waals surface area contributed by atoms with E-state index in [1.807, 2.05) is 17.6 Å². The van der Waals surface area contributed by atoms with Gasteiger partial charge >= 0.3 is 0 Å². The smallest absolute Gasteiger partial charge is 0.224 e. The van der Waals surface area contributed by atoms with Crippen LogP contribution in [0.2, 0.25) is 0 Å². The fourth-order valence-electron chi connectivity index (χ4n) is 2.00. The third-order valence-corrected chi connectivity index (χ3v) is 3.15. The van der Waals surface area contributed by atoms with Gasteiger partial charge in [0.2, 0.25) is 5.95 Å². The number of hydrogen-bond acceptors (Lipinski definition) is 3. The molecule has 0 amide bonds. The quantitative estimate of drug-likeness (QED) is 0.901. The van der Waals surface area contributed by atoms with E-state index in [-0.39, 0.29) is 5.82 Å². The fraction of sp³-hybridized carbons (Fsp3) is 0.385. The molecular formula is C13H15FN4. The molecule has 4 nitrogen and oxygen atoms in total. The van der Waals surface area contributed by atoms with Crippen LogP contribution >= 0.6 is 0 Å². The van der Waals surface area contributed by atoms with Gasteiger partial charge in [-0.1, -0.05) is 17.7 Å². The average molecular weight is 246 g/mol. The zero-order valence-electron chi connectivity index (χ0n) is 10.2. The molecule has 1 aliphatic carbocycles. The van der Waals surface area contributed by atoms with Crippen molar-refractivity contribution in [1.82, 2.24) is 14.8 Å². The number of hydrogen-bond donors (Lipinski definition) is 1. The molecule has 1 heterocycles. The molecule has 1 saturated carbocycles. The number of halogens is 1. The third kappa shape index (κ3) is 2.20. The van der Waals surface area contributed by atoms with E-state index < -0.39 is 0 Å². The lowest BCUT2D eigenvalue weighted by Gasteiger charge is -2.08. The lowest BCUT2D eigenvalue weighted by molar-refractivity contribution is 0.611. The molecule has 1 N–H and O–H groups in total. The van der Waals surface area contributed by atoms with Crippen molar-refractivity contribution in [3.63, 3.8) is 0 Å². The Balaban J connectivity index is 1.73. The second-order valence-corrected chi connectivity index (χ2v) is 4.74. The number of aryl methyl sites for hydroxylation is 1.